The third-order valence-electron chi connectivity index (χ3n) is 3.34. The molecule has 0 fully saturated rings. The molecule has 0 radical (unpaired) electrons. The first-order valence-corrected chi connectivity index (χ1v) is 5.75. The molecule has 0 spiro atoms. The third-order valence-corrected chi connectivity index (χ3v) is 3.34. The van der Waals surface area contributed by atoms with Crippen LogP contribution in [-0.4, -0.2) is 35.5 Å². The molecule has 0 bridgehead atoms. The maximum absolute atomic E-state index is 11.9. The number of fused-ring (bicyclic) bond motifs is 1. The summed E-state index contributed by atoms with van der Waals surface area (Å²) in [5, 5.41) is 2.92. The molecule has 1 unspecified atom stereocenters. The zero-order valence-corrected chi connectivity index (χ0v) is 10.2. The Bertz CT molecular complexity index is 397. The van der Waals surface area contributed by atoms with E-state index in [1.54, 1.807) is 7.05 Å². The van der Waals surface area contributed by atoms with E-state index in [4.69, 9.17) is 0 Å². The number of aryl methyl sites for hydroxylation is 1. The highest BCUT2D eigenvalue weighted by Gasteiger charge is 2.27. The second kappa shape index (κ2) is 4.29. The summed E-state index contributed by atoms with van der Waals surface area (Å²) in [6.07, 6.45) is 0. The third kappa shape index (κ3) is 1.73. The van der Waals surface area contributed by atoms with Gasteiger partial charge < -0.3 is 14.8 Å². The lowest BCUT2D eigenvalue weighted by Crippen LogP contribution is -2.44. The van der Waals surface area contributed by atoms with Crippen LogP contribution in [-0.2, 0) is 11.3 Å². The smallest absolute Gasteiger partial charge is 0.237 e. The molecule has 0 saturated heterocycles. The Labute approximate surface area is 96.2 Å². The number of hydrogen-bond acceptors (Lipinski definition) is 2. The highest BCUT2D eigenvalue weighted by atomic mass is 16.2. The summed E-state index contributed by atoms with van der Waals surface area (Å²) in [6, 6.07) is 4.43. The van der Waals surface area contributed by atoms with Gasteiger partial charge in [0, 0.05) is 24.5 Å². The standard InChI is InChI=1S/C12H19N3O/c1-9-4-5-11-10(2)15(7-6-14(9)11)12(16)8-13-3/h4-5,10,13H,6-8H2,1-3H3. The molecule has 88 valence electrons. The predicted molar refractivity (Wildman–Crippen MR) is 63.2 cm³/mol. The minimum absolute atomic E-state index is 0.181. The van der Waals surface area contributed by atoms with Crippen molar-refractivity contribution in [1.82, 2.24) is 14.8 Å². The first kappa shape index (κ1) is 11.2. The number of nitrogens with one attached hydrogen (secondary N) is 1. The largest absolute Gasteiger partial charge is 0.345 e. The summed E-state index contributed by atoms with van der Waals surface area (Å²) in [5.74, 6) is 0.181. The number of nitrogens with zero attached hydrogens (tertiary/aromatic N) is 2. The monoisotopic (exact) mass is 221 g/mol. The number of carbonyl (C=O) groups is 1. The zero-order valence-electron chi connectivity index (χ0n) is 10.2. The summed E-state index contributed by atoms with van der Waals surface area (Å²) in [5.41, 5.74) is 2.52. The van der Waals surface area contributed by atoms with Crippen LogP contribution in [0.4, 0.5) is 0 Å². The van der Waals surface area contributed by atoms with E-state index >= 15 is 0 Å². The van der Waals surface area contributed by atoms with E-state index < -0.39 is 0 Å². The maximum atomic E-state index is 11.9. The highest BCUT2D eigenvalue weighted by molar-refractivity contribution is 5.78. The van der Waals surface area contributed by atoms with Crippen LogP contribution in [0.2, 0.25) is 0 Å². The van der Waals surface area contributed by atoms with Crippen molar-refractivity contribution in [2.75, 3.05) is 20.1 Å². The topological polar surface area (TPSA) is 37.3 Å². The number of rotatable bonds is 2. The lowest BCUT2D eigenvalue weighted by molar-refractivity contribution is -0.133. The highest BCUT2D eigenvalue weighted by Crippen LogP contribution is 2.26. The van der Waals surface area contributed by atoms with Gasteiger partial charge in [0.15, 0.2) is 0 Å². The van der Waals surface area contributed by atoms with Crippen LogP contribution in [0, 0.1) is 6.92 Å². The summed E-state index contributed by atoms with van der Waals surface area (Å²) < 4.78 is 2.30. The number of likely N-dealkylation sites (N-methyl/N-ethyl adjacent to an activating group) is 1. The van der Waals surface area contributed by atoms with E-state index in [9.17, 15) is 4.79 Å². The van der Waals surface area contributed by atoms with Gasteiger partial charge in [0.05, 0.1) is 12.6 Å². The Hall–Kier alpha value is -1.29. The van der Waals surface area contributed by atoms with Gasteiger partial charge in [-0.25, -0.2) is 0 Å². The Balaban J connectivity index is 2.21. The second-order valence-corrected chi connectivity index (χ2v) is 4.34. The molecule has 1 atom stereocenters. The van der Waals surface area contributed by atoms with Crippen LogP contribution >= 0.6 is 0 Å². The Morgan fingerprint density at radius 2 is 2.25 bits per heavy atom. The number of aromatic nitrogens is 1. The van der Waals surface area contributed by atoms with Crippen molar-refractivity contribution in [3.05, 3.63) is 23.5 Å². The normalized spacial score (nSPS) is 19.7. The summed E-state index contributed by atoms with van der Waals surface area (Å²) in [4.78, 5) is 13.8. The van der Waals surface area contributed by atoms with E-state index in [2.05, 4.69) is 35.9 Å². The lowest BCUT2D eigenvalue weighted by Gasteiger charge is -2.35. The fourth-order valence-electron chi connectivity index (χ4n) is 2.41. The van der Waals surface area contributed by atoms with Crippen molar-refractivity contribution in [2.24, 2.45) is 0 Å². The van der Waals surface area contributed by atoms with Gasteiger partial charge in [0.1, 0.15) is 0 Å². The van der Waals surface area contributed by atoms with Gasteiger partial charge in [0.25, 0.3) is 0 Å². The van der Waals surface area contributed by atoms with Crippen LogP contribution < -0.4 is 5.32 Å². The molecule has 4 heteroatoms. The maximum Gasteiger partial charge on any atom is 0.237 e. The summed E-state index contributed by atoms with van der Waals surface area (Å²) in [7, 11) is 1.80. The van der Waals surface area contributed by atoms with Crippen molar-refractivity contribution in [3.8, 4) is 0 Å². The van der Waals surface area contributed by atoms with E-state index in [0.717, 1.165) is 13.1 Å². The molecule has 1 aliphatic heterocycles. The first-order valence-electron chi connectivity index (χ1n) is 5.75. The van der Waals surface area contributed by atoms with Gasteiger partial charge in [-0.2, -0.15) is 0 Å². The number of amides is 1. The molecule has 2 heterocycles. The average molecular weight is 221 g/mol. The van der Waals surface area contributed by atoms with Gasteiger partial charge in [-0.15, -0.1) is 0 Å². The van der Waals surface area contributed by atoms with Crippen molar-refractivity contribution >= 4 is 5.91 Å². The van der Waals surface area contributed by atoms with Crippen LogP contribution in [0.3, 0.4) is 0 Å². The molecule has 0 saturated carbocycles. The molecule has 1 amide bonds. The first-order chi connectivity index (χ1) is 7.65. The minimum Gasteiger partial charge on any atom is -0.345 e. The van der Waals surface area contributed by atoms with E-state index in [1.807, 2.05) is 4.90 Å². The molecule has 0 aliphatic carbocycles. The van der Waals surface area contributed by atoms with E-state index in [0.29, 0.717) is 6.54 Å². The van der Waals surface area contributed by atoms with E-state index in [-0.39, 0.29) is 11.9 Å². The molecular weight excluding hydrogens is 202 g/mol. The second-order valence-electron chi connectivity index (χ2n) is 4.34. The van der Waals surface area contributed by atoms with E-state index in [1.165, 1.54) is 11.4 Å². The SMILES string of the molecule is CNCC(=O)N1CCn2c(C)ccc2C1C. The van der Waals surface area contributed by atoms with Crippen LogP contribution in [0.25, 0.3) is 0 Å². The van der Waals surface area contributed by atoms with Gasteiger partial charge in [-0.05, 0) is 33.0 Å². The van der Waals surface area contributed by atoms with Crippen molar-refractivity contribution < 1.29 is 4.79 Å². The average Bonchev–Trinajstić information content (AvgIpc) is 2.62. The molecule has 16 heavy (non-hydrogen) atoms. The molecule has 1 N–H and O–H groups in total. The fraction of sp³-hybridized carbons (Fsp3) is 0.583. The molecule has 1 aromatic heterocycles. The van der Waals surface area contributed by atoms with Crippen molar-refractivity contribution in [1.29, 1.82) is 0 Å². The van der Waals surface area contributed by atoms with Crippen LogP contribution in [0.5, 0.6) is 0 Å². The van der Waals surface area contributed by atoms with Gasteiger partial charge in [-0.3, -0.25) is 4.79 Å². The number of carbonyl (C=O) groups excluding carboxylic acids is 1. The quantitative estimate of drug-likeness (QED) is 0.806. The Morgan fingerprint density at radius 3 is 2.94 bits per heavy atom. The van der Waals surface area contributed by atoms with Crippen LogP contribution in [0.1, 0.15) is 24.4 Å². The molecular formula is C12H19N3O. The zero-order chi connectivity index (χ0) is 11.7. The summed E-state index contributed by atoms with van der Waals surface area (Å²) >= 11 is 0. The molecule has 2 rings (SSSR count). The summed E-state index contributed by atoms with van der Waals surface area (Å²) in [6.45, 7) is 6.35. The van der Waals surface area contributed by atoms with Crippen molar-refractivity contribution in [2.45, 2.75) is 26.4 Å². The molecule has 1 aromatic rings. The Kier molecular flexibility index (Phi) is 3.01. The van der Waals surface area contributed by atoms with Gasteiger partial charge in [0.2, 0.25) is 5.91 Å². The Morgan fingerprint density at radius 1 is 1.50 bits per heavy atom. The van der Waals surface area contributed by atoms with Crippen molar-refractivity contribution in [3.63, 3.8) is 0 Å². The minimum atomic E-state index is 0.181. The molecule has 1 aliphatic rings. The van der Waals surface area contributed by atoms with Crippen LogP contribution in [0.15, 0.2) is 12.1 Å². The number of hydrogen-bond donors (Lipinski definition) is 1. The fourth-order valence-corrected chi connectivity index (χ4v) is 2.41. The van der Waals surface area contributed by atoms with Gasteiger partial charge >= 0.3 is 0 Å². The molecule has 0 aromatic carbocycles. The molecule has 4 nitrogen and oxygen atoms in total. The predicted octanol–water partition coefficient (Wildman–Crippen LogP) is 0.919. The van der Waals surface area contributed by atoms with Gasteiger partial charge in [-0.1, -0.05) is 0 Å². The lowest BCUT2D eigenvalue weighted by atomic mass is 10.1.